The van der Waals surface area contributed by atoms with Crippen molar-refractivity contribution in [2.75, 3.05) is 7.11 Å². The highest BCUT2D eigenvalue weighted by Crippen LogP contribution is 2.29. The van der Waals surface area contributed by atoms with E-state index < -0.39 is 6.04 Å². The second-order valence-electron chi connectivity index (χ2n) is 7.10. The molecule has 6 nitrogen and oxygen atoms in total. The molecule has 7 heteroatoms. The SMILES string of the molecule is COc1ccccc1C(NC(=O)CCn1ccc2cc(Cl)ccc21)c1nccn1C. The number of para-hydroxylation sites is 1. The molecule has 0 radical (unpaired) electrons. The number of hydrogen-bond acceptors (Lipinski definition) is 3. The Hall–Kier alpha value is -3.25. The Kier molecular flexibility index (Phi) is 5.77. The van der Waals surface area contributed by atoms with Crippen LogP contribution < -0.4 is 10.1 Å². The molecule has 2 aromatic carbocycles. The Morgan fingerprint density at radius 1 is 1.20 bits per heavy atom. The number of aromatic nitrogens is 3. The molecule has 0 saturated carbocycles. The molecule has 1 amide bonds. The quantitative estimate of drug-likeness (QED) is 0.482. The Morgan fingerprint density at radius 2 is 2.03 bits per heavy atom. The van der Waals surface area contributed by atoms with Crippen molar-refractivity contribution in [3.05, 3.63) is 83.5 Å². The molecule has 0 bridgehead atoms. The highest BCUT2D eigenvalue weighted by molar-refractivity contribution is 6.31. The highest BCUT2D eigenvalue weighted by atomic mass is 35.5. The van der Waals surface area contributed by atoms with Gasteiger partial charge in [0.15, 0.2) is 0 Å². The molecule has 2 heterocycles. The average Bonchev–Trinajstić information content (AvgIpc) is 3.36. The Morgan fingerprint density at radius 3 is 2.80 bits per heavy atom. The van der Waals surface area contributed by atoms with E-state index in [1.165, 1.54) is 0 Å². The predicted molar refractivity (Wildman–Crippen MR) is 118 cm³/mol. The summed E-state index contributed by atoms with van der Waals surface area (Å²) in [7, 11) is 3.54. The minimum Gasteiger partial charge on any atom is -0.496 e. The van der Waals surface area contributed by atoms with Gasteiger partial charge in [-0.1, -0.05) is 29.8 Å². The molecule has 30 heavy (non-hydrogen) atoms. The van der Waals surface area contributed by atoms with Gasteiger partial charge < -0.3 is 19.2 Å². The molecule has 1 atom stereocenters. The molecule has 0 aliphatic heterocycles. The molecular weight excluding hydrogens is 400 g/mol. The molecule has 1 N–H and O–H groups in total. The Bertz CT molecular complexity index is 1180. The van der Waals surface area contributed by atoms with Gasteiger partial charge in [0.2, 0.25) is 5.91 Å². The first-order chi connectivity index (χ1) is 14.6. The summed E-state index contributed by atoms with van der Waals surface area (Å²) in [5, 5.41) is 4.89. The van der Waals surface area contributed by atoms with Crippen LogP contribution >= 0.6 is 11.6 Å². The summed E-state index contributed by atoms with van der Waals surface area (Å²) in [5.74, 6) is 1.39. The number of benzene rings is 2. The number of imidazole rings is 1. The molecule has 0 spiro atoms. The highest BCUT2D eigenvalue weighted by Gasteiger charge is 2.23. The van der Waals surface area contributed by atoms with Crippen molar-refractivity contribution in [1.82, 2.24) is 19.4 Å². The van der Waals surface area contributed by atoms with Crippen molar-refractivity contribution < 1.29 is 9.53 Å². The van der Waals surface area contributed by atoms with Crippen molar-refractivity contribution in [2.24, 2.45) is 7.05 Å². The molecule has 0 aliphatic carbocycles. The first-order valence-electron chi connectivity index (χ1n) is 9.70. The fraction of sp³-hybridized carbons (Fsp3) is 0.217. The first-order valence-corrected chi connectivity index (χ1v) is 10.1. The summed E-state index contributed by atoms with van der Waals surface area (Å²) in [6.45, 7) is 0.566. The number of carbonyl (C=O) groups is 1. The van der Waals surface area contributed by atoms with Crippen LogP contribution in [-0.4, -0.2) is 27.1 Å². The topological polar surface area (TPSA) is 61.1 Å². The van der Waals surface area contributed by atoms with Crippen LogP contribution in [-0.2, 0) is 18.4 Å². The lowest BCUT2D eigenvalue weighted by atomic mass is 10.0. The zero-order chi connectivity index (χ0) is 21.1. The largest absolute Gasteiger partial charge is 0.496 e. The Labute approximate surface area is 180 Å². The van der Waals surface area contributed by atoms with Crippen LogP contribution in [0, 0.1) is 0 Å². The minimum atomic E-state index is -0.408. The fourth-order valence-electron chi connectivity index (χ4n) is 3.66. The molecule has 0 aliphatic rings. The third kappa shape index (κ3) is 4.04. The number of nitrogens with one attached hydrogen (secondary N) is 1. The number of rotatable bonds is 7. The van der Waals surface area contributed by atoms with Crippen molar-refractivity contribution in [3.63, 3.8) is 0 Å². The molecular formula is C23H23ClN4O2. The summed E-state index contributed by atoms with van der Waals surface area (Å²) < 4.78 is 9.48. The number of amides is 1. The number of nitrogens with zero attached hydrogens (tertiary/aromatic N) is 3. The van der Waals surface area contributed by atoms with E-state index in [-0.39, 0.29) is 5.91 Å². The van der Waals surface area contributed by atoms with Crippen molar-refractivity contribution >= 4 is 28.4 Å². The van der Waals surface area contributed by atoms with E-state index in [9.17, 15) is 4.79 Å². The molecule has 154 valence electrons. The average molecular weight is 423 g/mol. The number of aryl methyl sites for hydroxylation is 2. The smallest absolute Gasteiger partial charge is 0.222 e. The number of halogens is 1. The second kappa shape index (κ2) is 8.63. The second-order valence-corrected chi connectivity index (χ2v) is 7.54. The van der Waals surface area contributed by atoms with Crippen LogP contribution in [0.4, 0.5) is 0 Å². The maximum absolute atomic E-state index is 12.9. The normalized spacial score (nSPS) is 12.1. The maximum atomic E-state index is 12.9. The number of ether oxygens (including phenoxy) is 1. The summed E-state index contributed by atoms with van der Waals surface area (Å²) in [6.07, 6.45) is 5.90. The van der Waals surface area contributed by atoms with E-state index in [1.807, 2.05) is 72.5 Å². The monoisotopic (exact) mass is 422 g/mol. The first kappa shape index (κ1) is 20.0. The zero-order valence-electron chi connectivity index (χ0n) is 16.9. The zero-order valence-corrected chi connectivity index (χ0v) is 17.6. The van der Waals surface area contributed by atoms with Gasteiger partial charge in [-0.05, 0) is 30.3 Å². The summed E-state index contributed by atoms with van der Waals surface area (Å²) in [4.78, 5) is 17.4. The van der Waals surface area contributed by atoms with E-state index in [0.29, 0.717) is 23.7 Å². The van der Waals surface area contributed by atoms with Crippen molar-refractivity contribution in [2.45, 2.75) is 19.0 Å². The third-order valence-electron chi connectivity index (χ3n) is 5.18. The van der Waals surface area contributed by atoms with Gasteiger partial charge >= 0.3 is 0 Å². The standard InChI is InChI=1S/C23H23ClN4O2/c1-27-14-11-25-23(27)22(18-5-3-4-6-20(18)30-2)26-21(29)10-13-28-12-9-16-15-17(24)7-8-19(16)28/h3-9,11-12,14-15,22H,10,13H2,1-2H3,(H,26,29). The van der Waals surface area contributed by atoms with Crippen LogP contribution in [0.15, 0.2) is 67.1 Å². The molecule has 4 aromatic rings. The number of carbonyl (C=O) groups excluding carboxylic acids is 1. The maximum Gasteiger partial charge on any atom is 0.222 e. The summed E-state index contributed by atoms with van der Waals surface area (Å²) in [6, 6.07) is 15.0. The van der Waals surface area contributed by atoms with Crippen LogP contribution in [0.25, 0.3) is 10.9 Å². The van der Waals surface area contributed by atoms with Crippen LogP contribution in [0.2, 0.25) is 5.02 Å². The van der Waals surface area contributed by atoms with Gasteiger partial charge in [0.1, 0.15) is 17.6 Å². The van der Waals surface area contributed by atoms with Crippen LogP contribution in [0.5, 0.6) is 5.75 Å². The van der Waals surface area contributed by atoms with Gasteiger partial charge in [0, 0.05) is 60.1 Å². The van der Waals surface area contributed by atoms with Gasteiger partial charge in [0.05, 0.1) is 7.11 Å². The van der Waals surface area contributed by atoms with Gasteiger partial charge in [0.25, 0.3) is 0 Å². The molecule has 0 saturated heterocycles. The summed E-state index contributed by atoms with van der Waals surface area (Å²) >= 11 is 6.07. The number of fused-ring (bicyclic) bond motifs is 1. The fourth-order valence-corrected chi connectivity index (χ4v) is 3.84. The van der Waals surface area contributed by atoms with E-state index in [0.717, 1.165) is 22.3 Å². The lowest BCUT2D eigenvalue weighted by molar-refractivity contribution is -0.121. The van der Waals surface area contributed by atoms with Gasteiger partial charge in [-0.25, -0.2) is 4.98 Å². The molecule has 4 rings (SSSR count). The van der Waals surface area contributed by atoms with Gasteiger partial charge in [-0.3, -0.25) is 4.79 Å². The van der Waals surface area contributed by atoms with E-state index in [1.54, 1.807) is 13.3 Å². The van der Waals surface area contributed by atoms with Gasteiger partial charge in [-0.15, -0.1) is 0 Å². The van der Waals surface area contributed by atoms with E-state index in [4.69, 9.17) is 16.3 Å². The minimum absolute atomic E-state index is 0.0651. The lowest BCUT2D eigenvalue weighted by Gasteiger charge is -2.21. The Balaban J connectivity index is 1.54. The van der Waals surface area contributed by atoms with Crippen LogP contribution in [0.1, 0.15) is 23.9 Å². The van der Waals surface area contributed by atoms with Gasteiger partial charge in [-0.2, -0.15) is 0 Å². The number of hydrogen-bond donors (Lipinski definition) is 1. The number of methoxy groups -OCH3 is 1. The van der Waals surface area contributed by atoms with E-state index >= 15 is 0 Å². The van der Waals surface area contributed by atoms with Crippen LogP contribution in [0.3, 0.4) is 0 Å². The predicted octanol–water partition coefficient (Wildman–Crippen LogP) is 4.33. The van der Waals surface area contributed by atoms with Crippen molar-refractivity contribution in [1.29, 1.82) is 0 Å². The van der Waals surface area contributed by atoms with Crippen molar-refractivity contribution in [3.8, 4) is 5.75 Å². The molecule has 2 aromatic heterocycles. The third-order valence-corrected chi connectivity index (χ3v) is 5.42. The molecule has 1 unspecified atom stereocenters. The lowest BCUT2D eigenvalue weighted by Crippen LogP contribution is -2.31. The van der Waals surface area contributed by atoms with E-state index in [2.05, 4.69) is 14.9 Å². The molecule has 0 fully saturated rings. The summed E-state index contributed by atoms with van der Waals surface area (Å²) in [5.41, 5.74) is 1.92.